The number of benzene rings is 1. The van der Waals surface area contributed by atoms with E-state index in [9.17, 15) is 13.2 Å². The summed E-state index contributed by atoms with van der Waals surface area (Å²) in [5, 5.41) is 2.51. The molecule has 0 fully saturated rings. The van der Waals surface area contributed by atoms with Crippen LogP contribution in [0.4, 0.5) is 0 Å². The van der Waals surface area contributed by atoms with E-state index in [0.29, 0.717) is 11.3 Å². The smallest absolute Gasteiger partial charge is 0.261 e. The van der Waals surface area contributed by atoms with Gasteiger partial charge in [-0.25, -0.2) is 8.42 Å². The molecule has 0 bridgehead atoms. The molecule has 0 saturated heterocycles. The van der Waals surface area contributed by atoms with Crippen molar-refractivity contribution in [2.75, 3.05) is 7.11 Å². The predicted molar refractivity (Wildman–Crippen MR) is 63.6 cm³/mol. The van der Waals surface area contributed by atoms with Gasteiger partial charge >= 0.3 is 0 Å². The van der Waals surface area contributed by atoms with Gasteiger partial charge in [0.05, 0.1) is 12.0 Å². The van der Waals surface area contributed by atoms with E-state index in [1.807, 2.05) is 0 Å². The predicted octanol–water partition coefficient (Wildman–Crippen LogP) is 1.26. The molecule has 17 heavy (non-hydrogen) atoms. The van der Waals surface area contributed by atoms with Gasteiger partial charge in [0.1, 0.15) is 5.75 Å². The van der Waals surface area contributed by atoms with Gasteiger partial charge in [0, 0.05) is 24.2 Å². The van der Waals surface area contributed by atoms with Crippen LogP contribution in [0.5, 0.6) is 5.75 Å². The Bertz CT molecular complexity index is 527. The highest BCUT2D eigenvalue weighted by Crippen LogP contribution is 2.24. The van der Waals surface area contributed by atoms with Crippen LogP contribution in [0.1, 0.15) is 12.5 Å². The van der Waals surface area contributed by atoms with Crippen LogP contribution in [0.25, 0.3) is 0 Å². The van der Waals surface area contributed by atoms with E-state index in [1.54, 1.807) is 0 Å². The van der Waals surface area contributed by atoms with Gasteiger partial charge in [-0.15, -0.1) is 0 Å². The van der Waals surface area contributed by atoms with Gasteiger partial charge in [-0.3, -0.25) is 4.79 Å². The summed E-state index contributed by atoms with van der Waals surface area (Å²) in [5.41, 5.74) is 0.384. The molecule has 1 rings (SSSR count). The van der Waals surface area contributed by atoms with Crippen molar-refractivity contribution in [1.82, 2.24) is 5.32 Å². The maximum absolute atomic E-state index is 11.3. The van der Waals surface area contributed by atoms with E-state index < -0.39 is 9.05 Å². The fourth-order valence-corrected chi connectivity index (χ4v) is 2.40. The Kier molecular flexibility index (Phi) is 4.36. The van der Waals surface area contributed by atoms with Crippen molar-refractivity contribution < 1.29 is 17.9 Å². The molecule has 0 atom stereocenters. The third kappa shape index (κ3) is 3.90. The molecule has 7 heteroatoms. The molecule has 1 aromatic carbocycles. The molecule has 0 unspecified atom stereocenters. The van der Waals surface area contributed by atoms with Crippen molar-refractivity contribution in [2.45, 2.75) is 18.4 Å². The maximum atomic E-state index is 11.3. The van der Waals surface area contributed by atoms with Crippen LogP contribution in [0, 0.1) is 0 Å². The summed E-state index contributed by atoms with van der Waals surface area (Å²) in [4.78, 5) is 10.8. The number of halogens is 1. The van der Waals surface area contributed by atoms with Crippen molar-refractivity contribution in [3.8, 4) is 5.75 Å². The van der Waals surface area contributed by atoms with E-state index in [4.69, 9.17) is 15.4 Å². The lowest BCUT2D eigenvalue weighted by Gasteiger charge is -2.09. The molecular weight excluding hydrogens is 266 g/mol. The zero-order valence-electron chi connectivity index (χ0n) is 9.36. The van der Waals surface area contributed by atoms with Crippen LogP contribution in [0.15, 0.2) is 23.1 Å². The molecule has 0 aliphatic heterocycles. The molecule has 1 amide bonds. The number of methoxy groups -OCH3 is 1. The number of hydrogen-bond donors (Lipinski definition) is 1. The molecule has 1 aromatic rings. The first-order chi connectivity index (χ1) is 7.84. The van der Waals surface area contributed by atoms with Crippen molar-refractivity contribution in [1.29, 1.82) is 0 Å². The van der Waals surface area contributed by atoms with Gasteiger partial charge in [0.25, 0.3) is 9.05 Å². The average molecular weight is 278 g/mol. The lowest BCUT2D eigenvalue weighted by atomic mass is 10.2. The molecular formula is C10H12ClNO4S. The number of ether oxygens (including phenoxy) is 1. The number of amides is 1. The quantitative estimate of drug-likeness (QED) is 0.841. The van der Waals surface area contributed by atoms with Gasteiger partial charge in [-0.05, 0) is 23.8 Å². The number of carbonyl (C=O) groups excluding carboxylic acids is 1. The van der Waals surface area contributed by atoms with Gasteiger partial charge in [-0.1, -0.05) is 0 Å². The molecule has 0 radical (unpaired) electrons. The fraction of sp³-hybridized carbons (Fsp3) is 0.300. The lowest BCUT2D eigenvalue weighted by molar-refractivity contribution is -0.119. The third-order valence-corrected chi connectivity index (χ3v) is 3.48. The van der Waals surface area contributed by atoms with Crippen LogP contribution in [-0.4, -0.2) is 21.4 Å². The summed E-state index contributed by atoms with van der Waals surface area (Å²) in [6.07, 6.45) is 0. The standard InChI is InChI=1S/C10H12ClNO4S/c1-7(13)12-6-8-5-9(16-2)3-4-10(8)17(11,14)15/h3-5H,6H2,1-2H3,(H,12,13). The SMILES string of the molecule is COc1ccc(S(=O)(=O)Cl)c(CNC(C)=O)c1. The normalized spacial score (nSPS) is 11.0. The molecule has 1 N–H and O–H groups in total. The zero-order valence-corrected chi connectivity index (χ0v) is 10.9. The van der Waals surface area contributed by atoms with Crippen LogP contribution >= 0.6 is 10.7 Å². The molecule has 0 aromatic heterocycles. The Labute approximate surface area is 104 Å². The summed E-state index contributed by atoms with van der Waals surface area (Å²) in [5.74, 6) is 0.236. The van der Waals surface area contributed by atoms with Crippen LogP contribution in [-0.2, 0) is 20.4 Å². The molecule has 94 valence electrons. The molecule has 0 heterocycles. The second-order valence-electron chi connectivity index (χ2n) is 3.32. The summed E-state index contributed by atoms with van der Waals surface area (Å²) in [6, 6.07) is 4.36. The second-order valence-corrected chi connectivity index (χ2v) is 5.86. The fourth-order valence-electron chi connectivity index (χ4n) is 1.28. The van der Waals surface area contributed by atoms with Gasteiger partial charge in [0.15, 0.2) is 0 Å². The van der Waals surface area contributed by atoms with E-state index >= 15 is 0 Å². The minimum absolute atomic E-state index is 0.0336. The van der Waals surface area contributed by atoms with E-state index in [1.165, 1.54) is 32.2 Å². The molecule has 5 nitrogen and oxygen atoms in total. The van der Waals surface area contributed by atoms with E-state index in [2.05, 4.69) is 5.32 Å². The molecule has 0 aliphatic carbocycles. The Hall–Kier alpha value is -1.27. The van der Waals surface area contributed by atoms with Gasteiger partial charge in [-0.2, -0.15) is 0 Å². The van der Waals surface area contributed by atoms with Gasteiger partial charge < -0.3 is 10.1 Å². The first kappa shape index (κ1) is 13.8. The second kappa shape index (κ2) is 5.37. The first-order valence-corrected chi connectivity index (χ1v) is 7.01. The van der Waals surface area contributed by atoms with Crippen LogP contribution < -0.4 is 10.1 Å². The van der Waals surface area contributed by atoms with Crippen LogP contribution in [0.2, 0.25) is 0 Å². The van der Waals surface area contributed by atoms with E-state index in [0.717, 1.165) is 0 Å². The first-order valence-electron chi connectivity index (χ1n) is 4.70. The minimum Gasteiger partial charge on any atom is -0.497 e. The number of carbonyl (C=O) groups is 1. The van der Waals surface area contributed by atoms with Crippen molar-refractivity contribution in [3.63, 3.8) is 0 Å². The van der Waals surface area contributed by atoms with E-state index in [-0.39, 0.29) is 17.3 Å². The third-order valence-electron chi connectivity index (χ3n) is 2.06. The highest BCUT2D eigenvalue weighted by Gasteiger charge is 2.16. The topological polar surface area (TPSA) is 72.5 Å². The largest absolute Gasteiger partial charge is 0.497 e. The zero-order chi connectivity index (χ0) is 13.1. The van der Waals surface area contributed by atoms with Crippen molar-refractivity contribution in [3.05, 3.63) is 23.8 Å². The number of nitrogens with one attached hydrogen (secondary N) is 1. The monoisotopic (exact) mass is 277 g/mol. The van der Waals surface area contributed by atoms with Crippen LogP contribution in [0.3, 0.4) is 0 Å². The Morgan fingerprint density at radius 2 is 2.12 bits per heavy atom. The highest BCUT2D eigenvalue weighted by atomic mass is 35.7. The Balaban J connectivity index is 3.17. The van der Waals surface area contributed by atoms with Crippen molar-refractivity contribution >= 4 is 25.6 Å². The number of rotatable bonds is 4. The Morgan fingerprint density at radius 3 is 2.59 bits per heavy atom. The van der Waals surface area contributed by atoms with Crippen molar-refractivity contribution in [2.24, 2.45) is 0 Å². The van der Waals surface area contributed by atoms with Gasteiger partial charge in [0.2, 0.25) is 5.91 Å². The summed E-state index contributed by atoms with van der Waals surface area (Å²) >= 11 is 0. The summed E-state index contributed by atoms with van der Waals surface area (Å²) in [6.45, 7) is 1.42. The molecule has 0 aliphatic rings. The lowest BCUT2D eigenvalue weighted by Crippen LogP contribution is -2.20. The molecule has 0 spiro atoms. The average Bonchev–Trinajstić information content (AvgIpc) is 2.24. The summed E-state index contributed by atoms with van der Waals surface area (Å²) in [7, 11) is 2.92. The number of hydrogen-bond acceptors (Lipinski definition) is 4. The molecule has 0 saturated carbocycles. The summed E-state index contributed by atoms with van der Waals surface area (Å²) < 4.78 is 27.6. The maximum Gasteiger partial charge on any atom is 0.261 e. The Morgan fingerprint density at radius 1 is 1.47 bits per heavy atom. The minimum atomic E-state index is -3.84. The highest BCUT2D eigenvalue weighted by molar-refractivity contribution is 8.13.